The number of nitrogens with one attached hydrogen (secondary N) is 2. The summed E-state index contributed by atoms with van der Waals surface area (Å²) in [7, 11) is 0. The quantitative estimate of drug-likeness (QED) is 0.0623. The van der Waals surface area contributed by atoms with Gasteiger partial charge in [0.2, 0.25) is 6.79 Å². The van der Waals surface area contributed by atoms with Crippen molar-refractivity contribution in [2.45, 2.75) is 81.7 Å². The Labute approximate surface area is 353 Å². The highest BCUT2D eigenvalue weighted by atomic mass is 32.2. The first kappa shape index (κ1) is 42.0. The van der Waals surface area contributed by atoms with Gasteiger partial charge in [0.05, 0.1) is 11.0 Å². The minimum Gasteiger partial charge on any atom is -0.486 e. The SMILES string of the molecule is CC(C)(C)CNCCn1c(Sc2cc3c(cc2N)OCO3)nc2c(N)nccc21.Cc1cc2c(cc1Sc1nc3c(N)nccc3n1CCNCC(C)(C)C)OCCO2. The summed E-state index contributed by atoms with van der Waals surface area (Å²) < 4.78 is 26.7. The number of anilines is 3. The van der Waals surface area contributed by atoms with Crippen LogP contribution in [0.3, 0.4) is 0 Å². The lowest BCUT2D eigenvalue weighted by molar-refractivity contribution is 0.171. The van der Waals surface area contributed by atoms with E-state index in [1.54, 1.807) is 30.2 Å². The van der Waals surface area contributed by atoms with Crippen molar-refractivity contribution in [3.8, 4) is 23.0 Å². The number of aromatic nitrogens is 6. The third kappa shape index (κ3) is 10.2. The highest BCUT2D eigenvalue weighted by Gasteiger charge is 2.22. The van der Waals surface area contributed by atoms with Crippen molar-refractivity contribution >= 4 is 62.9 Å². The number of ether oxygens (including phenoxy) is 4. The highest BCUT2D eigenvalue weighted by Crippen LogP contribution is 2.43. The van der Waals surface area contributed by atoms with E-state index in [-0.39, 0.29) is 17.6 Å². The normalized spacial score (nSPS) is 13.5. The molecule has 8 rings (SSSR count). The molecule has 0 amide bonds. The lowest BCUT2D eigenvalue weighted by Crippen LogP contribution is -2.29. The molecule has 0 spiro atoms. The van der Waals surface area contributed by atoms with Crippen LogP contribution < -0.4 is 46.8 Å². The average molecular weight is 842 g/mol. The molecular weight excluding hydrogens is 787 g/mol. The number of benzene rings is 2. The molecule has 0 aliphatic carbocycles. The van der Waals surface area contributed by atoms with Crippen LogP contribution >= 0.6 is 23.5 Å². The highest BCUT2D eigenvalue weighted by molar-refractivity contribution is 7.99. The number of rotatable bonds is 12. The van der Waals surface area contributed by atoms with Gasteiger partial charge in [-0.1, -0.05) is 53.3 Å². The third-order valence-corrected chi connectivity index (χ3v) is 11.6. The fraction of sp³-hybridized carbons (Fsp3) is 0.429. The Hall–Kier alpha value is -5.10. The van der Waals surface area contributed by atoms with Gasteiger partial charge in [0.15, 0.2) is 44.9 Å². The molecule has 8 N–H and O–H groups in total. The minimum atomic E-state index is 0.211. The molecule has 2 aromatic carbocycles. The van der Waals surface area contributed by atoms with E-state index in [0.717, 1.165) is 93.0 Å². The summed E-state index contributed by atoms with van der Waals surface area (Å²) >= 11 is 3.10. The van der Waals surface area contributed by atoms with E-state index < -0.39 is 0 Å². The summed E-state index contributed by atoms with van der Waals surface area (Å²) in [5.41, 5.74) is 24.0. The Balaban J connectivity index is 0.000000179. The summed E-state index contributed by atoms with van der Waals surface area (Å²) in [6.45, 7) is 21.8. The van der Waals surface area contributed by atoms with Gasteiger partial charge in [-0.3, -0.25) is 0 Å². The third-order valence-electron chi connectivity index (χ3n) is 9.40. The molecule has 17 heteroatoms. The van der Waals surface area contributed by atoms with Gasteiger partial charge in [0.1, 0.15) is 24.2 Å². The monoisotopic (exact) mass is 841 g/mol. The molecule has 0 unspecified atom stereocenters. The van der Waals surface area contributed by atoms with Gasteiger partial charge in [-0.25, -0.2) is 19.9 Å². The van der Waals surface area contributed by atoms with Crippen molar-refractivity contribution in [3.63, 3.8) is 0 Å². The number of nitrogen functional groups attached to an aromatic ring is 3. The van der Waals surface area contributed by atoms with Gasteiger partial charge in [0, 0.05) is 79.3 Å². The van der Waals surface area contributed by atoms with E-state index in [2.05, 4.69) is 78.2 Å². The topological polar surface area (TPSA) is 200 Å². The maximum atomic E-state index is 6.24. The predicted molar refractivity (Wildman–Crippen MR) is 236 cm³/mol. The average Bonchev–Trinajstić information content (AvgIpc) is 3.88. The fourth-order valence-corrected chi connectivity index (χ4v) is 8.50. The van der Waals surface area contributed by atoms with Crippen LogP contribution in [0.1, 0.15) is 47.1 Å². The molecule has 314 valence electrons. The number of fused-ring (bicyclic) bond motifs is 4. The minimum absolute atomic E-state index is 0.211. The second-order valence-electron chi connectivity index (χ2n) is 16.9. The molecule has 0 radical (unpaired) electrons. The van der Waals surface area contributed by atoms with Crippen LogP contribution in [0.5, 0.6) is 23.0 Å². The molecule has 2 aliphatic rings. The van der Waals surface area contributed by atoms with E-state index >= 15 is 0 Å². The van der Waals surface area contributed by atoms with Crippen molar-refractivity contribution in [2.75, 3.05) is 63.4 Å². The Morgan fingerprint density at radius 1 is 0.644 bits per heavy atom. The number of hydrogen-bond acceptors (Lipinski definition) is 15. The van der Waals surface area contributed by atoms with Gasteiger partial charge in [-0.05, 0) is 59.3 Å². The van der Waals surface area contributed by atoms with Crippen molar-refractivity contribution in [2.24, 2.45) is 10.8 Å². The second-order valence-corrected chi connectivity index (χ2v) is 18.9. The van der Waals surface area contributed by atoms with Gasteiger partial charge >= 0.3 is 0 Å². The van der Waals surface area contributed by atoms with Gasteiger partial charge < -0.3 is 55.9 Å². The molecule has 6 aromatic rings. The van der Waals surface area contributed by atoms with Crippen LogP contribution in [0.15, 0.2) is 68.9 Å². The van der Waals surface area contributed by atoms with Crippen LogP contribution in [0.25, 0.3) is 22.1 Å². The number of aryl methyl sites for hydroxylation is 1. The summed E-state index contributed by atoms with van der Waals surface area (Å²) in [6, 6.07) is 11.7. The zero-order valence-electron chi connectivity index (χ0n) is 34.8. The number of nitrogens with two attached hydrogens (primary N) is 3. The molecule has 6 heterocycles. The zero-order valence-corrected chi connectivity index (χ0v) is 36.5. The molecule has 0 saturated carbocycles. The second kappa shape index (κ2) is 17.6. The predicted octanol–water partition coefficient (Wildman–Crippen LogP) is 6.99. The number of hydrogen-bond donors (Lipinski definition) is 5. The van der Waals surface area contributed by atoms with Crippen LogP contribution in [-0.2, 0) is 13.1 Å². The molecule has 59 heavy (non-hydrogen) atoms. The summed E-state index contributed by atoms with van der Waals surface area (Å²) in [5.74, 6) is 3.82. The smallest absolute Gasteiger partial charge is 0.231 e. The van der Waals surface area contributed by atoms with E-state index in [1.165, 1.54) is 11.8 Å². The zero-order chi connectivity index (χ0) is 41.9. The first-order valence-electron chi connectivity index (χ1n) is 19.7. The van der Waals surface area contributed by atoms with E-state index in [0.29, 0.717) is 47.6 Å². The molecule has 4 aromatic heterocycles. The number of imidazole rings is 2. The van der Waals surface area contributed by atoms with Crippen molar-refractivity contribution < 1.29 is 18.9 Å². The van der Waals surface area contributed by atoms with Crippen molar-refractivity contribution in [1.29, 1.82) is 0 Å². The Morgan fingerprint density at radius 2 is 1.10 bits per heavy atom. The standard InChI is InChI=1S/C22H29N5O2S.C20H26N6O2S/c1-14-11-16-17(29-10-9-28-16)12-18(14)30-21-26-19-15(5-6-25-20(19)23)27(21)8-7-24-13-22(2,3)4;1-20(2,3)10-23-6-7-26-13-4-5-24-18(22)17(13)25-19(26)29-16-9-15-14(8-12(16)21)27-11-28-15/h5-6,11-12,24H,7-10,13H2,1-4H3,(H2,23,25);4-5,8-9,23H,6-7,10-11,21H2,1-3H3,(H2,22,24). The van der Waals surface area contributed by atoms with E-state index in [4.69, 9.17) is 46.1 Å². The van der Waals surface area contributed by atoms with Gasteiger partial charge in [0.25, 0.3) is 0 Å². The van der Waals surface area contributed by atoms with Gasteiger partial charge in [-0.15, -0.1) is 0 Å². The summed E-state index contributed by atoms with van der Waals surface area (Å²) in [4.78, 5) is 19.9. The number of pyridine rings is 2. The van der Waals surface area contributed by atoms with Crippen LogP contribution in [0.2, 0.25) is 0 Å². The first-order chi connectivity index (χ1) is 28.1. The summed E-state index contributed by atoms with van der Waals surface area (Å²) in [5, 5.41) is 8.76. The molecule has 0 saturated heterocycles. The van der Waals surface area contributed by atoms with Crippen molar-refractivity contribution in [1.82, 2.24) is 39.7 Å². The summed E-state index contributed by atoms with van der Waals surface area (Å²) in [6.07, 6.45) is 3.45. The van der Waals surface area contributed by atoms with Crippen LogP contribution in [0, 0.1) is 17.8 Å². The lowest BCUT2D eigenvalue weighted by atomic mass is 9.97. The molecule has 15 nitrogen and oxygen atoms in total. The Morgan fingerprint density at radius 3 is 1.63 bits per heavy atom. The largest absolute Gasteiger partial charge is 0.486 e. The maximum absolute atomic E-state index is 6.24. The lowest BCUT2D eigenvalue weighted by Gasteiger charge is -2.20. The van der Waals surface area contributed by atoms with Crippen LogP contribution in [-0.4, -0.2) is 75.3 Å². The molecule has 0 atom stereocenters. The van der Waals surface area contributed by atoms with Gasteiger partial charge in [-0.2, -0.15) is 0 Å². The van der Waals surface area contributed by atoms with Crippen molar-refractivity contribution in [3.05, 3.63) is 54.4 Å². The molecule has 2 aliphatic heterocycles. The molecule has 0 fully saturated rings. The molecule has 0 bridgehead atoms. The van der Waals surface area contributed by atoms with E-state index in [9.17, 15) is 0 Å². The molecular formula is C42H55N11O4S2. The Kier molecular flexibility index (Phi) is 12.6. The Bertz CT molecular complexity index is 2440. The fourth-order valence-electron chi connectivity index (χ4n) is 6.50. The number of nitrogens with zero attached hydrogens (tertiary/aromatic N) is 6. The van der Waals surface area contributed by atoms with E-state index in [1.807, 2.05) is 30.3 Å². The first-order valence-corrected chi connectivity index (χ1v) is 21.3. The van der Waals surface area contributed by atoms with Crippen LogP contribution in [0.4, 0.5) is 17.3 Å². The maximum Gasteiger partial charge on any atom is 0.231 e.